The van der Waals surface area contributed by atoms with Crippen molar-refractivity contribution in [1.82, 2.24) is 19.4 Å². The SMILES string of the molecule is O=C(O)C(F)(F)F.O=C(c1ccccn1)N1CCn2cnc(COCC3CC3)c2C1. The van der Waals surface area contributed by atoms with Gasteiger partial charge < -0.3 is 19.3 Å². The van der Waals surface area contributed by atoms with Crippen molar-refractivity contribution in [2.24, 2.45) is 5.92 Å². The van der Waals surface area contributed by atoms with Crippen LogP contribution in [0.4, 0.5) is 13.2 Å². The monoisotopic (exact) mass is 426 g/mol. The number of hydrogen-bond donors (Lipinski definition) is 1. The maximum absolute atomic E-state index is 12.6. The molecule has 2 aromatic heterocycles. The van der Waals surface area contributed by atoms with Gasteiger partial charge in [-0.1, -0.05) is 6.07 Å². The molecule has 0 saturated heterocycles. The maximum Gasteiger partial charge on any atom is 0.490 e. The van der Waals surface area contributed by atoms with Crippen LogP contribution in [0.1, 0.15) is 34.7 Å². The molecular weight excluding hydrogens is 405 g/mol. The lowest BCUT2D eigenvalue weighted by molar-refractivity contribution is -0.192. The number of aromatic nitrogens is 3. The van der Waals surface area contributed by atoms with E-state index in [1.807, 2.05) is 23.4 Å². The van der Waals surface area contributed by atoms with Crippen molar-refractivity contribution in [3.63, 3.8) is 0 Å². The molecule has 11 heteroatoms. The Labute approximate surface area is 170 Å². The van der Waals surface area contributed by atoms with E-state index in [9.17, 15) is 18.0 Å². The average Bonchev–Trinajstić information content (AvgIpc) is 3.46. The number of carboxylic acid groups (broad SMARTS) is 1. The van der Waals surface area contributed by atoms with Crippen molar-refractivity contribution in [2.75, 3.05) is 13.2 Å². The van der Waals surface area contributed by atoms with Crippen molar-refractivity contribution in [2.45, 2.75) is 38.7 Å². The number of fused-ring (bicyclic) bond motifs is 1. The molecule has 0 aromatic carbocycles. The molecule has 2 aliphatic rings. The van der Waals surface area contributed by atoms with Crippen LogP contribution in [0.25, 0.3) is 0 Å². The third kappa shape index (κ3) is 5.78. The van der Waals surface area contributed by atoms with Gasteiger partial charge in [-0.05, 0) is 30.9 Å². The molecule has 1 N–H and O–H groups in total. The summed E-state index contributed by atoms with van der Waals surface area (Å²) in [7, 11) is 0. The third-order valence-corrected chi connectivity index (χ3v) is 4.69. The van der Waals surface area contributed by atoms with Gasteiger partial charge in [0.15, 0.2) is 0 Å². The minimum Gasteiger partial charge on any atom is -0.475 e. The van der Waals surface area contributed by atoms with Gasteiger partial charge in [0.25, 0.3) is 5.91 Å². The Hall–Kier alpha value is -2.95. The van der Waals surface area contributed by atoms with E-state index in [4.69, 9.17) is 14.6 Å². The summed E-state index contributed by atoms with van der Waals surface area (Å²) in [4.78, 5) is 31.9. The van der Waals surface area contributed by atoms with Crippen LogP contribution in [-0.2, 0) is 29.2 Å². The molecule has 1 amide bonds. The van der Waals surface area contributed by atoms with E-state index < -0.39 is 12.1 Å². The van der Waals surface area contributed by atoms with Crippen LogP contribution in [0.3, 0.4) is 0 Å². The highest BCUT2D eigenvalue weighted by Crippen LogP contribution is 2.29. The second-order valence-electron chi connectivity index (χ2n) is 7.03. The first kappa shape index (κ1) is 21.8. The van der Waals surface area contributed by atoms with Crippen molar-refractivity contribution in [3.05, 3.63) is 47.8 Å². The quantitative estimate of drug-likeness (QED) is 0.789. The standard InChI is InChI=1S/C17H20N4O2.C2HF3O2/c22-17(14-3-1-2-6-18-14)20-7-8-21-12-19-15(16(21)9-20)11-23-10-13-4-5-13;3-2(4,5)1(6)7/h1-3,6,12-13H,4-5,7-11H2;(H,6,7). The van der Waals surface area contributed by atoms with Crippen LogP contribution in [0.2, 0.25) is 0 Å². The molecule has 0 atom stereocenters. The van der Waals surface area contributed by atoms with E-state index in [0.717, 1.165) is 30.5 Å². The lowest BCUT2D eigenvalue weighted by atomic mass is 10.2. The topological polar surface area (TPSA) is 97.5 Å². The first-order valence-electron chi connectivity index (χ1n) is 9.36. The van der Waals surface area contributed by atoms with E-state index in [2.05, 4.69) is 14.5 Å². The summed E-state index contributed by atoms with van der Waals surface area (Å²) in [6.07, 6.45) is 0.994. The number of imidazole rings is 1. The van der Waals surface area contributed by atoms with Gasteiger partial charge in [0.2, 0.25) is 0 Å². The predicted octanol–water partition coefficient (Wildman–Crippen LogP) is 2.49. The number of hydrogen-bond acceptors (Lipinski definition) is 5. The minimum absolute atomic E-state index is 0.0251. The number of pyridine rings is 1. The number of halogens is 3. The van der Waals surface area contributed by atoms with E-state index in [-0.39, 0.29) is 5.91 Å². The third-order valence-electron chi connectivity index (χ3n) is 4.69. The van der Waals surface area contributed by atoms with Crippen molar-refractivity contribution < 1.29 is 32.6 Å². The summed E-state index contributed by atoms with van der Waals surface area (Å²) in [6.45, 7) is 3.37. The molecule has 0 unspecified atom stereocenters. The Morgan fingerprint density at radius 1 is 1.20 bits per heavy atom. The van der Waals surface area contributed by atoms with Gasteiger partial charge in [-0.2, -0.15) is 13.2 Å². The smallest absolute Gasteiger partial charge is 0.475 e. The summed E-state index contributed by atoms with van der Waals surface area (Å²) in [5.41, 5.74) is 2.52. The average molecular weight is 426 g/mol. The van der Waals surface area contributed by atoms with Crippen LogP contribution in [-0.4, -0.2) is 55.7 Å². The molecule has 162 valence electrons. The molecule has 1 fully saturated rings. The van der Waals surface area contributed by atoms with Gasteiger partial charge >= 0.3 is 12.1 Å². The minimum atomic E-state index is -5.08. The van der Waals surface area contributed by atoms with Crippen LogP contribution in [0.5, 0.6) is 0 Å². The van der Waals surface area contributed by atoms with Gasteiger partial charge in [0, 0.05) is 25.9 Å². The first-order valence-corrected chi connectivity index (χ1v) is 9.36. The van der Waals surface area contributed by atoms with E-state index in [1.54, 1.807) is 12.3 Å². The van der Waals surface area contributed by atoms with Crippen LogP contribution < -0.4 is 0 Å². The van der Waals surface area contributed by atoms with E-state index in [0.29, 0.717) is 25.4 Å². The zero-order valence-electron chi connectivity index (χ0n) is 16.0. The molecular formula is C19H21F3N4O4. The number of amides is 1. The van der Waals surface area contributed by atoms with Crippen molar-refractivity contribution in [1.29, 1.82) is 0 Å². The summed E-state index contributed by atoms with van der Waals surface area (Å²) in [6, 6.07) is 5.41. The maximum atomic E-state index is 12.6. The molecule has 1 aliphatic heterocycles. The molecule has 8 nitrogen and oxygen atoms in total. The first-order chi connectivity index (χ1) is 14.3. The number of aliphatic carboxylic acids is 1. The van der Waals surface area contributed by atoms with Gasteiger partial charge in [-0.15, -0.1) is 0 Å². The Kier molecular flexibility index (Phi) is 6.70. The molecule has 2 aromatic rings. The number of nitrogens with zero attached hydrogens (tertiary/aromatic N) is 4. The van der Waals surface area contributed by atoms with Gasteiger partial charge in [-0.25, -0.2) is 9.78 Å². The number of carbonyl (C=O) groups is 2. The zero-order valence-corrected chi connectivity index (χ0v) is 16.0. The Bertz CT molecular complexity index is 882. The molecule has 3 heterocycles. The fourth-order valence-electron chi connectivity index (χ4n) is 2.86. The highest BCUT2D eigenvalue weighted by atomic mass is 19.4. The van der Waals surface area contributed by atoms with Crippen LogP contribution in [0.15, 0.2) is 30.7 Å². The van der Waals surface area contributed by atoms with Gasteiger partial charge in [0.05, 0.1) is 30.9 Å². The largest absolute Gasteiger partial charge is 0.490 e. The highest BCUT2D eigenvalue weighted by molar-refractivity contribution is 5.92. The summed E-state index contributed by atoms with van der Waals surface area (Å²) >= 11 is 0. The second-order valence-corrected chi connectivity index (χ2v) is 7.03. The van der Waals surface area contributed by atoms with E-state index >= 15 is 0 Å². The fraction of sp³-hybridized carbons (Fsp3) is 0.474. The number of rotatable bonds is 5. The molecule has 1 aliphatic carbocycles. The number of carbonyl (C=O) groups excluding carboxylic acids is 1. The van der Waals surface area contributed by atoms with Gasteiger partial charge in [0.1, 0.15) is 5.69 Å². The highest BCUT2D eigenvalue weighted by Gasteiger charge is 2.38. The molecule has 30 heavy (non-hydrogen) atoms. The Balaban J connectivity index is 0.000000318. The van der Waals surface area contributed by atoms with Crippen LogP contribution in [0, 0.1) is 5.92 Å². The van der Waals surface area contributed by atoms with Gasteiger partial charge in [-0.3, -0.25) is 9.78 Å². The number of alkyl halides is 3. The molecule has 0 bridgehead atoms. The van der Waals surface area contributed by atoms with Crippen LogP contribution >= 0.6 is 0 Å². The molecule has 4 rings (SSSR count). The summed E-state index contributed by atoms with van der Waals surface area (Å²) < 4.78 is 39.6. The van der Waals surface area contributed by atoms with Crippen molar-refractivity contribution >= 4 is 11.9 Å². The molecule has 1 saturated carbocycles. The number of ether oxygens (including phenoxy) is 1. The normalized spacial score (nSPS) is 15.8. The molecule has 0 radical (unpaired) electrons. The lowest BCUT2D eigenvalue weighted by Gasteiger charge is -2.28. The lowest BCUT2D eigenvalue weighted by Crippen LogP contribution is -2.38. The van der Waals surface area contributed by atoms with Crippen molar-refractivity contribution in [3.8, 4) is 0 Å². The zero-order chi connectivity index (χ0) is 21.7. The predicted molar refractivity (Wildman–Crippen MR) is 97.3 cm³/mol. The molecule has 0 spiro atoms. The Morgan fingerprint density at radius 3 is 2.53 bits per heavy atom. The number of carboxylic acids is 1. The summed E-state index contributed by atoms with van der Waals surface area (Å²) in [5.74, 6) is -2.04. The second kappa shape index (κ2) is 9.24. The van der Waals surface area contributed by atoms with E-state index in [1.165, 1.54) is 12.8 Å². The summed E-state index contributed by atoms with van der Waals surface area (Å²) in [5, 5.41) is 7.12. The Morgan fingerprint density at radius 2 is 1.93 bits per heavy atom. The fourth-order valence-corrected chi connectivity index (χ4v) is 2.86.